The summed E-state index contributed by atoms with van der Waals surface area (Å²) in [5, 5.41) is 7.94. The molecule has 4 rings (SSSR count). The van der Waals surface area contributed by atoms with Crippen LogP contribution in [-0.4, -0.2) is 34.8 Å². The van der Waals surface area contributed by atoms with Crippen LogP contribution >= 0.6 is 11.3 Å². The van der Waals surface area contributed by atoms with Gasteiger partial charge in [0, 0.05) is 12.5 Å². The van der Waals surface area contributed by atoms with Crippen LogP contribution in [0.2, 0.25) is 0 Å². The third kappa shape index (κ3) is 5.20. The van der Waals surface area contributed by atoms with Gasteiger partial charge in [-0.2, -0.15) is 9.78 Å². The molecule has 1 amide bonds. The summed E-state index contributed by atoms with van der Waals surface area (Å²) >= 11 is 1.49. The SMILES string of the molecule is Cc1ccc(S(=O)(=O)CCC(=O)Nc2cc(C)nn2-c2nc3ccc(C(C)(C)C)cc3s2)cc1. The predicted octanol–water partition coefficient (Wildman–Crippen LogP) is 5.20. The van der Waals surface area contributed by atoms with Crippen molar-refractivity contribution in [2.24, 2.45) is 0 Å². The number of carbonyl (C=O) groups is 1. The zero-order valence-electron chi connectivity index (χ0n) is 19.9. The van der Waals surface area contributed by atoms with Gasteiger partial charge >= 0.3 is 0 Å². The van der Waals surface area contributed by atoms with Crippen LogP contribution < -0.4 is 5.32 Å². The molecule has 0 aliphatic carbocycles. The summed E-state index contributed by atoms with van der Waals surface area (Å²) in [7, 11) is -3.55. The minimum atomic E-state index is -3.55. The van der Waals surface area contributed by atoms with Crippen LogP contribution in [-0.2, 0) is 20.0 Å². The van der Waals surface area contributed by atoms with Gasteiger partial charge in [0.1, 0.15) is 5.82 Å². The Bertz CT molecular complexity index is 1460. The van der Waals surface area contributed by atoms with Crippen molar-refractivity contribution >= 4 is 43.1 Å². The second-order valence-electron chi connectivity index (χ2n) is 9.44. The van der Waals surface area contributed by atoms with Gasteiger partial charge in [-0.1, -0.05) is 55.9 Å². The standard InChI is InChI=1S/C25H28N4O3S2/c1-16-6-9-19(10-7-16)34(31,32)13-12-23(30)27-22-14-17(2)28-29(22)24-26-20-11-8-18(25(3,4)5)15-21(20)33-24/h6-11,14-15H,12-13H2,1-5H3,(H,27,30). The van der Waals surface area contributed by atoms with Gasteiger partial charge in [0.15, 0.2) is 9.84 Å². The lowest BCUT2D eigenvalue weighted by Crippen LogP contribution is -2.19. The first kappa shape index (κ1) is 24.1. The molecule has 2 aromatic carbocycles. The molecule has 0 unspecified atom stereocenters. The van der Waals surface area contributed by atoms with Crippen LogP contribution in [0.4, 0.5) is 5.82 Å². The molecule has 4 aromatic rings. The molecule has 0 spiro atoms. The summed E-state index contributed by atoms with van der Waals surface area (Å²) in [6, 6.07) is 14.6. The van der Waals surface area contributed by atoms with Crippen LogP contribution in [0.25, 0.3) is 15.3 Å². The van der Waals surface area contributed by atoms with Gasteiger partial charge < -0.3 is 5.32 Å². The highest BCUT2D eigenvalue weighted by molar-refractivity contribution is 7.91. The Labute approximate surface area is 203 Å². The van der Waals surface area contributed by atoms with Crippen LogP contribution in [0, 0.1) is 13.8 Å². The van der Waals surface area contributed by atoms with E-state index in [0.29, 0.717) is 10.9 Å². The Morgan fingerprint density at radius 1 is 1.06 bits per heavy atom. The van der Waals surface area contributed by atoms with Gasteiger partial charge in [-0.3, -0.25) is 4.79 Å². The van der Waals surface area contributed by atoms with Gasteiger partial charge in [0.05, 0.1) is 26.6 Å². The monoisotopic (exact) mass is 496 g/mol. The number of nitrogens with zero attached hydrogens (tertiary/aromatic N) is 3. The minimum absolute atomic E-state index is 0.0265. The number of thiazole rings is 1. The summed E-state index contributed by atoms with van der Waals surface area (Å²) < 4.78 is 27.8. The van der Waals surface area contributed by atoms with E-state index in [9.17, 15) is 13.2 Å². The van der Waals surface area contributed by atoms with E-state index < -0.39 is 15.7 Å². The molecule has 0 atom stereocenters. The Kier molecular flexibility index (Phi) is 6.35. The average Bonchev–Trinajstić information content (AvgIpc) is 3.34. The summed E-state index contributed by atoms with van der Waals surface area (Å²) in [4.78, 5) is 17.5. The number of benzene rings is 2. The first-order chi connectivity index (χ1) is 15.9. The van der Waals surface area contributed by atoms with Crippen molar-refractivity contribution in [1.82, 2.24) is 14.8 Å². The fourth-order valence-corrected chi connectivity index (χ4v) is 5.71. The highest BCUT2D eigenvalue weighted by Crippen LogP contribution is 2.31. The van der Waals surface area contributed by atoms with Crippen molar-refractivity contribution in [2.45, 2.75) is 51.3 Å². The van der Waals surface area contributed by atoms with E-state index in [4.69, 9.17) is 4.98 Å². The molecule has 2 heterocycles. The third-order valence-electron chi connectivity index (χ3n) is 5.50. The summed E-state index contributed by atoms with van der Waals surface area (Å²) in [5.41, 5.74) is 3.80. The van der Waals surface area contributed by atoms with Gasteiger partial charge in [-0.05, 0) is 49.1 Å². The number of rotatable bonds is 6. The normalized spacial score (nSPS) is 12.3. The summed E-state index contributed by atoms with van der Waals surface area (Å²) in [6.07, 6.45) is -0.158. The van der Waals surface area contributed by atoms with Crippen LogP contribution in [0.3, 0.4) is 0 Å². The number of amides is 1. The quantitative estimate of drug-likeness (QED) is 0.396. The van der Waals surface area contributed by atoms with Crippen LogP contribution in [0.5, 0.6) is 0 Å². The summed E-state index contributed by atoms with van der Waals surface area (Å²) in [5.74, 6) is -0.204. The Balaban J connectivity index is 1.52. The molecule has 34 heavy (non-hydrogen) atoms. The number of sulfone groups is 1. The number of hydrogen-bond acceptors (Lipinski definition) is 6. The number of carbonyl (C=O) groups excluding carboxylic acids is 1. The van der Waals surface area contributed by atoms with Crippen molar-refractivity contribution in [2.75, 3.05) is 11.1 Å². The molecule has 0 bridgehead atoms. The molecule has 2 aromatic heterocycles. The highest BCUT2D eigenvalue weighted by atomic mass is 32.2. The zero-order chi connectivity index (χ0) is 24.7. The second-order valence-corrected chi connectivity index (χ2v) is 12.6. The van der Waals surface area contributed by atoms with E-state index in [-0.39, 0.29) is 22.5 Å². The van der Waals surface area contributed by atoms with Crippen molar-refractivity contribution in [1.29, 1.82) is 0 Å². The highest BCUT2D eigenvalue weighted by Gasteiger charge is 2.20. The van der Waals surface area contributed by atoms with Crippen LogP contribution in [0.1, 0.15) is 44.0 Å². The van der Waals surface area contributed by atoms with Gasteiger partial charge in [0.25, 0.3) is 0 Å². The topological polar surface area (TPSA) is 94.0 Å². The number of fused-ring (bicyclic) bond motifs is 1. The minimum Gasteiger partial charge on any atom is -0.310 e. The maximum atomic E-state index is 12.6. The molecular formula is C25H28N4O3S2. The van der Waals surface area contributed by atoms with Crippen molar-refractivity contribution in [3.63, 3.8) is 0 Å². The Morgan fingerprint density at radius 3 is 2.44 bits per heavy atom. The molecule has 0 fully saturated rings. The average molecular weight is 497 g/mol. The number of hydrogen-bond donors (Lipinski definition) is 1. The number of aromatic nitrogens is 3. The fraction of sp³-hybridized carbons (Fsp3) is 0.320. The van der Waals surface area contributed by atoms with E-state index >= 15 is 0 Å². The largest absolute Gasteiger partial charge is 0.310 e. The first-order valence-electron chi connectivity index (χ1n) is 11.0. The smallest absolute Gasteiger partial charge is 0.226 e. The van der Waals surface area contributed by atoms with Crippen LogP contribution in [0.15, 0.2) is 53.4 Å². The first-order valence-corrected chi connectivity index (χ1v) is 13.5. The maximum Gasteiger partial charge on any atom is 0.226 e. The van der Waals surface area contributed by atoms with E-state index in [1.165, 1.54) is 16.9 Å². The second kappa shape index (κ2) is 8.96. The van der Waals surface area contributed by atoms with Gasteiger partial charge in [-0.25, -0.2) is 13.4 Å². The van der Waals surface area contributed by atoms with Crippen molar-refractivity contribution in [3.8, 4) is 5.13 Å². The molecule has 0 saturated heterocycles. The van der Waals surface area contributed by atoms with E-state index in [2.05, 4.69) is 43.3 Å². The molecule has 0 saturated carbocycles. The number of nitrogens with one attached hydrogen (secondary N) is 1. The molecule has 7 nitrogen and oxygen atoms in total. The molecule has 178 valence electrons. The zero-order valence-corrected chi connectivity index (χ0v) is 21.5. The van der Waals surface area contributed by atoms with Gasteiger partial charge in [0.2, 0.25) is 11.0 Å². The lowest BCUT2D eigenvalue weighted by Gasteiger charge is -2.18. The molecular weight excluding hydrogens is 468 g/mol. The lowest BCUT2D eigenvalue weighted by atomic mass is 9.87. The number of anilines is 1. The maximum absolute atomic E-state index is 12.6. The Hall–Kier alpha value is -3.04. The van der Waals surface area contributed by atoms with E-state index in [0.717, 1.165) is 21.5 Å². The van der Waals surface area contributed by atoms with Gasteiger partial charge in [-0.15, -0.1) is 0 Å². The van der Waals surface area contributed by atoms with Crippen molar-refractivity contribution < 1.29 is 13.2 Å². The molecule has 1 N–H and O–H groups in total. The molecule has 0 aliphatic heterocycles. The van der Waals surface area contributed by atoms with Crippen molar-refractivity contribution in [3.05, 3.63) is 65.4 Å². The van der Waals surface area contributed by atoms with E-state index in [1.54, 1.807) is 35.0 Å². The van der Waals surface area contributed by atoms with E-state index in [1.807, 2.05) is 19.9 Å². The molecule has 0 radical (unpaired) electrons. The Morgan fingerprint density at radius 2 is 1.76 bits per heavy atom. The fourth-order valence-electron chi connectivity index (χ4n) is 3.50. The lowest BCUT2D eigenvalue weighted by molar-refractivity contribution is -0.115. The molecule has 9 heteroatoms. The predicted molar refractivity (Wildman–Crippen MR) is 137 cm³/mol. The molecule has 0 aliphatic rings. The number of aryl methyl sites for hydroxylation is 2. The summed E-state index contributed by atoms with van der Waals surface area (Å²) in [6.45, 7) is 10.2. The third-order valence-corrected chi connectivity index (χ3v) is 8.23.